The summed E-state index contributed by atoms with van der Waals surface area (Å²) in [6.07, 6.45) is 6.04. The first-order valence-electron chi connectivity index (χ1n) is 7.75. The summed E-state index contributed by atoms with van der Waals surface area (Å²) in [6, 6.07) is 4.43. The zero-order chi connectivity index (χ0) is 14.2. The van der Waals surface area contributed by atoms with Crippen LogP contribution in [-0.2, 0) is 11.3 Å². The largest absolute Gasteiger partial charge is 0.460 e. The number of aromatic nitrogens is 2. The molecule has 2 unspecified atom stereocenters. The van der Waals surface area contributed by atoms with Crippen molar-refractivity contribution in [1.29, 1.82) is 0 Å². The van der Waals surface area contributed by atoms with Crippen molar-refractivity contribution in [3.8, 4) is 11.5 Å². The van der Waals surface area contributed by atoms with Crippen molar-refractivity contribution in [3.05, 3.63) is 29.7 Å². The third-order valence-corrected chi connectivity index (χ3v) is 4.48. The summed E-state index contributed by atoms with van der Waals surface area (Å²) in [5, 5.41) is 10.9. The molecule has 2 fully saturated rings. The predicted molar refractivity (Wildman–Crippen MR) is 78.7 cm³/mol. The Balaban J connectivity index is 1.44. The van der Waals surface area contributed by atoms with Crippen molar-refractivity contribution in [1.82, 2.24) is 15.5 Å². The van der Waals surface area contributed by atoms with Gasteiger partial charge in [0.2, 0.25) is 0 Å². The zero-order valence-electron chi connectivity index (χ0n) is 12.3. The van der Waals surface area contributed by atoms with Gasteiger partial charge in [0.05, 0.1) is 12.3 Å². The maximum Gasteiger partial charge on any atom is 0.152 e. The third kappa shape index (κ3) is 2.63. The van der Waals surface area contributed by atoms with Crippen LogP contribution in [-0.4, -0.2) is 29.0 Å². The van der Waals surface area contributed by atoms with Crippen LogP contribution in [0.3, 0.4) is 0 Å². The van der Waals surface area contributed by atoms with E-state index in [2.05, 4.69) is 15.5 Å². The molecular weight excluding hydrogens is 266 g/mol. The standard InChI is InChI=1S/C16H21N3O2/c1-10-2-5-14(21-10)15-12(9-18-19-15)8-17-13-6-7-20-16(13)11-3-4-11/h2,5,9,11,13,16-17H,3-4,6-8H2,1H3,(H,18,19). The van der Waals surface area contributed by atoms with E-state index in [1.165, 1.54) is 12.8 Å². The molecule has 112 valence electrons. The number of ether oxygens (including phenoxy) is 1. The van der Waals surface area contributed by atoms with Gasteiger partial charge in [-0.3, -0.25) is 5.10 Å². The molecule has 2 aliphatic rings. The van der Waals surface area contributed by atoms with Gasteiger partial charge in [0.1, 0.15) is 11.5 Å². The molecule has 1 saturated carbocycles. The van der Waals surface area contributed by atoms with E-state index in [4.69, 9.17) is 9.15 Å². The van der Waals surface area contributed by atoms with Crippen molar-refractivity contribution in [2.24, 2.45) is 5.92 Å². The Morgan fingerprint density at radius 2 is 2.24 bits per heavy atom. The topological polar surface area (TPSA) is 63.1 Å². The van der Waals surface area contributed by atoms with E-state index in [-0.39, 0.29) is 0 Å². The fraction of sp³-hybridized carbons (Fsp3) is 0.562. The zero-order valence-corrected chi connectivity index (χ0v) is 12.3. The highest BCUT2D eigenvalue weighted by molar-refractivity contribution is 5.56. The summed E-state index contributed by atoms with van der Waals surface area (Å²) in [4.78, 5) is 0. The van der Waals surface area contributed by atoms with Gasteiger partial charge < -0.3 is 14.5 Å². The molecule has 5 heteroatoms. The number of aryl methyl sites for hydroxylation is 1. The van der Waals surface area contributed by atoms with Crippen molar-refractivity contribution in [2.45, 2.75) is 44.9 Å². The molecule has 2 atom stereocenters. The Morgan fingerprint density at radius 1 is 1.33 bits per heavy atom. The first-order valence-corrected chi connectivity index (χ1v) is 7.75. The Morgan fingerprint density at radius 3 is 3.00 bits per heavy atom. The number of hydrogen-bond acceptors (Lipinski definition) is 4. The van der Waals surface area contributed by atoms with Crippen molar-refractivity contribution in [3.63, 3.8) is 0 Å². The monoisotopic (exact) mass is 287 g/mol. The maximum atomic E-state index is 5.87. The van der Waals surface area contributed by atoms with Crippen LogP contribution in [0, 0.1) is 12.8 Å². The Labute approximate surface area is 124 Å². The number of nitrogens with zero attached hydrogens (tertiary/aromatic N) is 1. The average Bonchev–Trinajstić information content (AvgIpc) is 2.91. The van der Waals surface area contributed by atoms with Crippen LogP contribution < -0.4 is 5.32 Å². The van der Waals surface area contributed by atoms with Crippen LogP contribution in [0.5, 0.6) is 0 Å². The second kappa shape index (κ2) is 5.31. The lowest BCUT2D eigenvalue weighted by Gasteiger charge is -2.19. The molecule has 0 aromatic carbocycles. The SMILES string of the molecule is Cc1ccc(-c2[nH]ncc2CNC2CCOC2C2CC2)o1. The fourth-order valence-electron chi connectivity index (χ4n) is 3.19. The van der Waals surface area contributed by atoms with E-state index < -0.39 is 0 Å². The van der Waals surface area contributed by atoms with E-state index in [1.807, 2.05) is 25.3 Å². The molecule has 0 radical (unpaired) electrons. The van der Waals surface area contributed by atoms with Gasteiger partial charge in [-0.1, -0.05) is 0 Å². The summed E-state index contributed by atoms with van der Waals surface area (Å²) in [7, 11) is 0. The van der Waals surface area contributed by atoms with Crippen LogP contribution in [0.2, 0.25) is 0 Å². The van der Waals surface area contributed by atoms with Gasteiger partial charge in [-0.05, 0) is 44.2 Å². The first kappa shape index (κ1) is 13.1. The summed E-state index contributed by atoms with van der Waals surface area (Å²) >= 11 is 0. The molecular formula is C16H21N3O2. The Hall–Kier alpha value is -1.59. The Kier molecular flexibility index (Phi) is 3.31. The molecule has 4 rings (SSSR count). The molecule has 5 nitrogen and oxygen atoms in total. The molecule has 0 amide bonds. The lowest BCUT2D eigenvalue weighted by Crippen LogP contribution is -2.37. The van der Waals surface area contributed by atoms with Crippen LogP contribution in [0.25, 0.3) is 11.5 Å². The smallest absolute Gasteiger partial charge is 0.152 e. The number of furan rings is 1. The van der Waals surface area contributed by atoms with E-state index in [0.717, 1.165) is 48.3 Å². The maximum absolute atomic E-state index is 5.87. The minimum Gasteiger partial charge on any atom is -0.460 e. The molecule has 1 saturated heterocycles. The van der Waals surface area contributed by atoms with Crippen molar-refractivity contribution >= 4 is 0 Å². The highest BCUT2D eigenvalue weighted by Crippen LogP contribution is 2.38. The Bertz CT molecular complexity index is 615. The van der Waals surface area contributed by atoms with Crippen LogP contribution in [0.1, 0.15) is 30.6 Å². The molecule has 2 aromatic rings. The molecule has 1 aliphatic carbocycles. The summed E-state index contributed by atoms with van der Waals surface area (Å²) in [5.41, 5.74) is 2.11. The molecule has 2 aromatic heterocycles. The second-order valence-electron chi connectivity index (χ2n) is 6.13. The minimum atomic E-state index is 0.409. The van der Waals surface area contributed by atoms with Crippen LogP contribution in [0.4, 0.5) is 0 Å². The highest BCUT2D eigenvalue weighted by atomic mass is 16.5. The van der Waals surface area contributed by atoms with Gasteiger partial charge in [-0.25, -0.2) is 0 Å². The van der Waals surface area contributed by atoms with E-state index in [0.29, 0.717) is 12.1 Å². The summed E-state index contributed by atoms with van der Waals surface area (Å²) < 4.78 is 11.6. The highest BCUT2D eigenvalue weighted by Gasteiger charge is 2.40. The van der Waals surface area contributed by atoms with E-state index in [9.17, 15) is 0 Å². The van der Waals surface area contributed by atoms with Crippen LogP contribution in [0.15, 0.2) is 22.7 Å². The van der Waals surface area contributed by atoms with Crippen molar-refractivity contribution < 1.29 is 9.15 Å². The van der Waals surface area contributed by atoms with Crippen molar-refractivity contribution in [2.75, 3.05) is 6.61 Å². The van der Waals surface area contributed by atoms with E-state index >= 15 is 0 Å². The summed E-state index contributed by atoms with van der Waals surface area (Å²) in [5.74, 6) is 2.54. The second-order valence-corrected chi connectivity index (χ2v) is 6.13. The number of nitrogens with one attached hydrogen (secondary N) is 2. The minimum absolute atomic E-state index is 0.409. The van der Waals surface area contributed by atoms with E-state index in [1.54, 1.807) is 0 Å². The number of hydrogen-bond donors (Lipinski definition) is 2. The number of aromatic amines is 1. The summed E-state index contributed by atoms with van der Waals surface area (Å²) in [6.45, 7) is 3.63. The predicted octanol–water partition coefficient (Wildman–Crippen LogP) is 2.64. The van der Waals surface area contributed by atoms with Gasteiger partial charge in [0.25, 0.3) is 0 Å². The molecule has 1 aliphatic heterocycles. The van der Waals surface area contributed by atoms with Gasteiger partial charge >= 0.3 is 0 Å². The molecule has 21 heavy (non-hydrogen) atoms. The lowest BCUT2D eigenvalue weighted by atomic mass is 10.1. The van der Waals surface area contributed by atoms with Gasteiger partial charge in [0, 0.05) is 24.8 Å². The molecule has 3 heterocycles. The lowest BCUT2D eigenvalue weighted by molar-refractivity contribution is 0.0809. The normalized spacial score (nSPS) is 25.6. The molecule has 0 spiro atoms. The molecule has 2 N–H and O–H groups in total. The molecule has 0 bridgehead atoms. The average molecular weight is 287 g/mol. The third-order valence-electron chi connectivity index (χ3n) is 4.48. The van der Waals surface area contributed by atoms with Gasteiger partial charge in [-0.2, -0.15) is 5.10 Å². The fourth-order valence-corrected chi connectivity index (χ4v) is 3.19. The van der Waals surface area contributed by atoms with Gasteiger partial charge in [-0.15, -0.1) is 0 Å². The number of rotatable bonds is 5. The van der Waals surface area contributed by atoms with Crippen LogP contribution >= 0.6 is 0 Å². The quantitative estimate of drug-likeness (QED) is 0.887. The number of H-pyrrole nitrogens is 1. The first-order chi connectivity index (χ1) is 10.3. The van der Waals surface area contributed by atoms with Gasteiger partial charge in [0.15, 0.2) is 5.76 Å².